The van der Waals surface area contributed by atoms with Gasteiger partial charge in [-0.15, -0.1) is 5.06 Å². The van der Waals surface area contributed by atoms with Crippen molar-refractivity contribution in [3.8, 4) is 0 Å². The van der Waals surface area contributed by atoms with Gasteiger partial charge in [-0.3, -0.25) is 19.8 Å². The average molecular weight is 469 g/mol. The fourth-order valence-corrected chi connectivity index (χ4v) is 2.34. The maximum atomic E-state index is 13.1. The molecule has 13 heteroatoms. The molecule has 1 aliphatic rings. The summed E-state index contributed by atoms with van der Waals surface area (Å²) in [6, 6.07) is 0. The second-order valence-electron chi connectivity index (χ2n) is 9.19. The minimum atomic E-state index is -2.23. The van der Waals surface area contributed by atoms with E-state index >= 15 is 0 Å². The van der Waals surface area contributed by atoms with Gasteiger partial charge >= 0.3 is 12.2 Å². The topological polar surface area (TPSA) is 191 Å². The van der Waals surface area contributed by atoms with Crippen LogP contribution in [-0.4, -0.2) is 75.5 Å². The van der Waals surface area contributed by atoms with Gasteiger partial charge in [0.15, 0.2) is 5.54 Å². The molecular formula is C20H32N6O7. The molecular weight excluding hydrogens is 436 g/mol. The van der Waals surface area contributed by atoms with Gasteiger partial charge in [0.2, 0.25) is 5.96 Å². The molecule has 0 saturated carbocycles. The highest BCUT2D eigenvalue weighted by molar-refractivity contribution is 6.20. The largest absolute Gasteiger partial charge is 0.443 e. The van der Waals surface area contributed by atoms with Crippen LogP contribution in [0.1, 0.15) is 48.5 Å². The number of ether oxygens (including phenoxy) is 2. The SMILES string of the molecule is CC1=NC(=O)C(N)(C(=O)N(CCON(C(=N)N)C(=O)OC(C)(C)C)C(=O)OC(C)(C)C)C=C1. The molecule has 1 unspecified atom stereocenters. The van der Waals surface area contributed by atoms with Crippen molar-refractivity contribution in [2.75, 3.05) is 13.2 Å². The molecule has 1 rings (SSSR count). The fourth-order valence-electron chi connectivity index (χ4n) is 2.34. The number of nitrogens with zero attached hydrogens (tertiary/aromatic N) is 3. The van der Waals surface area contributed by atoms with Crippen molar-refractivity contribution in [1.29, 1.82) is 5.41 Å². The molecule has 0 fully saturated rings. The van der Waals surface area contributed by atoms with Crippen LogP contribution in [-0.2, 0) is 23.9 Å². The van der Waals surface area contributed by atoms with Crippen molar-refractivity contribution < 1.29 is 33.5 Å². The van der Waals surface area contributed by atoms with Crippen molar-refractivity contribution in [3.63, 3.8) is 0 Å². The quantitative estimate of drug-likeness (QED) is 0.229. The molecule has 1 aliphatic heterocycles. The second-order valence-corrected chi connectivity index (χ2v) is 9.19. The molecule has 0 aliphatic carbocycles. The Morgan fingerprint density at radius 1 is 1.09 bits per heavy atom. The number of hydroxylamine groups is 2. The number of amides is 4. The smallest absolute Gasteiger partial charge is 0.442 e. The molecule has 0 aromatic heterocycles. The summed E-state index contributed by atoms with van der Waals surface area (Å²) in [6.07, 6.45) is 0.347. The van der Waals surface area contributed by atoms with E-state index in [1.54, 1.807) is 48.5 Å². The maximum absolute atomic E-state index is 13.1. The molecule has 4 amide bonds. The molecule has 0 saturated heterocycles. The Balaban J connectivity index is 3.09. The van der Waals surface area contributed by atoms with Crippen LogP contribution >= 0.6 is 0 Å². The predicted molar refractivity (Wildman–Crippen MR) is 118 cm³/mol. The number of hydrogen-bond donors (Lipinski definition) is 3. The standard InChI is InChI=1S/C20H32N6O7/c1-12-8-9-20(23,13(27)24-12)14(28)25(16(29)32-18(2,3)4)10-11-31-26(15(21)22)17(30)33-19(5,6)7/h8-9H,10-11,23H2,1-7H3,(H3,21,22). The summed E-state index contributed by atoms with van der Waals surface area (Å²) in [5, 5.41) is 7.88. The summed E-state index contributed by atoms with van der Waals surface area (Å²) in [5.41, 5.74) is 7.59. The van der Waals surface area contributed by atoms with E-state index in [-0.39, 0.29) is 0 Å². The molecule has 0 bridgehead atoms. The molecule has 5 N–H and O–H groups in total. The highest BCUT2D eigenvalue weighted by atomic mass is 16.7. The number of dihydropyridines is 1. The molecule has 0 aromatic rings. The number of hydrogen-bond acceptors (Lipinski definition) is 9. The van der Waals surface area contributed by atoms with Crippen molar-refractivity contribution in [2.45, 2.75) is 65.2 Å². The van der Waals surface area contributed by atoms with E-state index in [0.717, 1.165) is 6.08 Å². The summed E-state index contributed by atoms with van der Waals surface area (Å²) in [6.45, 7) is 10.1. The van der Waals surface area contributed by atoms with Gasteiger partial charge in [-0.05, 0) is 60.6 Å². The number of imide groups is 1. The lowest BCUT2D eigenvalue weighted by atomic mass is 9.94. The Hall–Kier alpha value is -3.32. The zero-order valence-electron chi connectivity index (χ0n) is 19.9. The number of guanidine groups is 1. The number of carbonyl (C=O) groups excluding carboxylic acids is 4. The molecule has 0 spiro atoms. The van der Waals surface area contributed by atoms with E-state index in [4.69, 9.17) is 31.2 Å². The Morgan fingerprint density at radius 2 is 1.61 bits per heavy atom. The lowest BCUT2D eigenvalue weighted by Gasteiger charge is -2.32. The summed E-state index contributed by atoms with van der Waals surface area (Å²) in [7, 11) is 0. The van der Waals surface area contributed by atoms with Crippen LogP contribution in [0.4, 0.5) is 9.59 Å². The first-order valence-electron chi connectivity index (χ1n) is 10.0. The molecule has 33 heavy (non-hydrogen) atoms. The van der Waals surface area contributed by atoms with Crippen LogP contribution in [0, 0.1) is 5.41 Å². The van der Waals surface area contributed by atoms with Crippen molar-refractivity contribution >= 4 is 35.7 Å². The van der Waals surface area contributed by atoms with Gasteiger partial charge in [0.1, 0.15) is 11.2 Å². The summed E-state index contributed by atoms with van der Waals surface area (Å²) in [4.78, 5) is 59.8. The first kappa shape index (κ1) is 27.7. The lowest BCUT2D eigenvalue weighted by molar-refractivity contribution is -0.142. The number of rotatable bonds is 5. The van der Waals surface area contributed by atoms with Gasteiger partial charge in [-0.25, -0.2) is 19.5 Å². The van der Waals surface area contributed by atoms with Crippen LogP contribution in [0.3, 0.4) is 0 Å². The first-order valence-corrected chi connectivity index (χ1v) is 10.0. The van der Waals surface area contributed by atoms with Crippen LogP contribution in [0.15, 0.2) is 17.1 Å². The molecule has 1 heterocycles. The minimum absolute atomic E-state index is 0.343. The van der Waals surface area contributed by atoms with Crippen LogP contribution in [0.5, 0.6) is 0 Å². The minimum Gasteiger partial charge on any atom is -0.443 e. The molecule has 0 radical (unpaired) electrons. The Labute approximate surface area is 192 Å². The van der Waals surface area contributed by atoms with E-state index < -0.39 is 59.9 Å². The van der Waals surface area contributed by atoms with Crippen molar-refractivity contribution in [3.05, 3.63) is 12.2 Å². The van der Waals surface area contributed by atoms with Crippen LogP contribution in [0.25, 0.3) is 0 Å². The van der Waals surface area contributed by atoms with E-state index in [0.29, 0.717) is 15.7 Å². The molecule has 184 valence electrons. The summed E-state index contributed by atoms with van der Waals surface area (Å²) in [5.74, 6) is -2.85. The normalized spacial score (nSPS) is 18.3. The molecule has 0 aromatic carbocycles. The highest BCUT2D eigenvalue weighted by Gasteiger charge is 2.46. The first-order chi connectivity index (χ1) is 14.9. The van der Waals surface area contributed by atoms with Gasteiger partial charge in [0.25, 0.3) is 11.8 Å². The number of carbonyl (C=O) groups is 4. The monoisotopic (exact) mass is 468 g/mol. The van der Waals surface area contributed by atoms with Gasteiger partial charge in [-0.1, -0.05) is 0 Å². The third-order valence-electron chi connectivity index (χ3n) is 3.75. The van der Waals surface area contributed by atoms with Crippen molar-refractivity contribution in [1.82, 2.24) is 9.96 Å². The van der Waals surface area contributed by atoms with Gasteiger partial charge in [-0.2, -0.15) is 0 Å². The third-order valence-corrected chi connectivity index (χ3v) is 3.75. The third kappa shape index (κ3) is 7.95. The van der Waals surface area contributed by atoms with Gasteiger partial charge in [0.05, 0.1) is 13.2 Å². The van der Waals surface area contributed by atoms with Crippen LogP contribution in [0.2, 0.25) is 0 Å². The van der Waals surface area contributed by atoms with E-state index in [2.05, 4.69) is 4.99 Å². The molecule has 1 atom stereocenters. The highest BCUT2D eigenvalue weighted by Crippen LogP contribution is 2.18. The summed E-state index contributed by atoms with van der Waals surface area (Å²) < 4.78 is 10.3. The second kappa shape index (κ2) is 10.1. The number of aliphatic imine (C=N–C) groups is 1. The number of allylic oxidation sites excluding steroid dienone is 1. The number of nitrogens with two attached hydrogens (primary N) is 2. The Kier molecular flexibility index (Phi) is 8.47. The van der Waals surface area contributed by atoms with Crippen molar-refractivity contribution in [2.24, 2.45) is 16.5 Å². The van der Waals surface area contributed by atoms with E-state index in [1.165, 1.54) is 6.08 Å². The van der Waals surface area contributed by atoms with Gasteiger partial charge < -0.3 is 20.9 Å². The molecule has 13 nitrogen and oxygen atoms in total. The fraction of sp³-hybridized carbons (Fsp3) is 0.600. The summed E-state index contributed by atoms with van der Waals surface area (Å²) >= 11 is 0. The van der Waals surface area contributed by atoms with E-state index in [9.17, 15) is 19.2 Å². The van der Waals surface area contributed by atoms with E-state index in [1.807, 2.05) is 0 Å². The average Bonchev–Trinajstić information content (AvgIpc) is 2.61. The van der Waals surface area contributed by atoms with Crippen LogP contribution < -0.4 is 11.5 Å². The number of nitrogens with one attached hydrogen (secondary N) is 1. The zero-order valence-corrected chi connectivity index (χ0v) is 19.9. The van der Waals surface area contributed by atoms with Gasteiger partial charge in [0, 0.05) is 5.71 Å². The maximum Gasteiger partial charge on any atom is 0.442 e. The Bertz CT molecular complexity index is 884. The lowest BCUT2D eigenvalue weighted by Crippen LogP contribution is -2.62. The predicted octanol–water partition coefficient (Wildman–Crippen LogP) is 1.07. The zero-order chi connectivity index (χ0) is 25.8. The Morgan fingerprint density at radius 3 is 2.06 bits per heavy atom.